The molecule has 0 radical (unpaired) electrons. The Morgan fingerprint density at radius 2 is 2.00 bits per heavy atom. The van der Waals surface area contributed by atoms with Crippen LogP contribution in [-0.2, 0) is 6.42 Å². The lowest BCUT2D eigenvalue weighted by Crippen LogP contribution is -2.40. The molecule has 0 heterocycles. The Balaban J connectivity index is 1.48. The largest absolute Gasteiger partial charge is 0.271 e. The molecule has 0 aromatic heterocycles. The molecule has 3 saturated carbocycles. The Morgan fingerprint density at radius 1 is 1.26 bits per heavy atom. The van der Waals surface area contributed by atoms with Gasteiger partial charge in [0.05, 0.1) is 0 Å². The highest BCUT2D eigenvalue weighted by atomic mass is 79.9. The molecule has 3 aliphatic carbocycles. The molecule has 3 fully saturated rings. The van der Waals surface area contributed by atoms with Crippen molar-refractivity contribution in [3.8, 4) is 0 Å². The molecule has 3 N–H and O–H groups in total. The van der Waals surface area contributed by atoms with Crippen LogP contribution in [-0.4, -0.2) is 6.04 Å². The maximum Gasteiger partial charge on any atom is 0.0284 e. The molecule has 3 heteroatoms. The van der Waals surface area contributed by atoms with Gasteiger partial charge in [-0.3, -0.25) is 11.3 Å². The van der Waals surface area contributed by atoms with E-state index in [-0.39, 0.29) is 0 Å². The van der Waals surface area contributed by atoms with Crippen LogP contribution in [0, 0.1) is 29.6 Å². The standard InChI is InChI=1S/C16H21BrN2/c17-12-3-1-2-9(6-12)7-13(19-18)16-14-10-4-5-11(8-10)15(14)16/h1-3,6,10-11,13-16,19H,4-5,7-8,18H2. The highest BCUT2D eigenvalue weighted by Crippen LogP contribution is 2.70. The molecule has 4 rings (SSSR count). The summed E-state index contributed by atoms with van der Waals surface area (Å²) in [6, 6.07) is 9.09. The quantitative estimate of drug-likeness (QED) is 0.660. The van der Waals surface area contributed by atoms with Crippen molar-refractivity contribution in [2.24, 2.45) is 35.4 Å². The van der Waals surface area contributed by atoms with E-state index in [2.05, 4.69) is 45.6 Å². The monoisotopic (exact) mass is 320 g/mol. The molecule has 2 nitrogen and oxygen atoms in total. The number of hydrazine groups is 1. The third-order valence-corrected chi connectivity index (χ3v) is 6.31. The van der Waals surface area contributed by atoms with Gasteiger partial charge in [-0.15, -0.1) is 0 Å². The number of nitrogens with two attached hydrogens (primary N) is 1. The molecular weight excluding hydrogens is 300 g/mol. The first-order valence-corrected chi connectivity index (χ1v) is 8.28. The van der Waals surface area contributed by atoms with Gasteiger partial charge in [0.1, 0.15) is 0 Å². The summed E-state index contributed by atoms with van der Waals surface area (Å²) in [4.78, 5) is 0. The van der Waals surface area contributed by atoms with Gasteiger partial charge in [-0.1, -0.05) is 28.1 Å². The number of rotatable bonds is 4. The lowest BCUT2D eigenvalue weighted by molar-refractivity contribution is 0.365. The molecule has 5 atom stereocenters. The number of hydrogen-bond donors (Lipinski definition) is 2. The minimum Gasteiger partial charge on any atom is -0.271 e. The third kappa shape index (κ3) is 1.98. The Morgan fingerprint density at radius 3 is 2.63 bits per heavy atom. The highest BCUT2D eigenvalue weighted by molar-refractivity contribution is 9.10. The number of nitrogens with one attached hydrogen (secondary N) is 1. The second-order valence-electron chi connectivity index (χ2n) is 6.67. The summed E-state index contributed by atoms with van der Waals surface area (Å²) in [6.07, 6.45) is 5.54. The van der Waals surface area contributed by atoms with Crippen LogP contribution in [0.4, 0.5) is 0 Å². The van der Waals surface area contributed by atoms with Crippen LogP contribution < -0.4 is 11.3 Å². The number of benzene rings is 1. The number of halogens is 1. The molecule has 0 aliphatic heterocycles. The van der Waals surface area contributed by atoms with Crippen molar-refractivity contribution in [2.75, 3.05) is 0 Å². The first-order chi connectivity index (χ1) is 9.28. The zero-order valence-electron chi connectivity index (χ0n) is 11.1. The Hall–Kier alpha value is -0.380. The fourth-order valence-electron chi connectivity index (χ4n) is 5.15. The van der Waals surface area contributed by atoms with Gasteiger partial charge in [-0.05, 0) is 73.0 Å². The number of fused-ring (bicyclic) bond motifs is 5. The van der Waals surface area contributed by atoms with Gasteiger partial charge in [0.25, 0.3) is 0 Å². The topological polar surface area (TPSA) is 38.0 Å². The zero-order valence-corrected chi connectivity index (χ0v) is 12.6. The fraction of sp³-hybridized carbons (Fsp3) is 0.625. The second kappa shape index (κ2) is 4.57. The maximum atomic E-state index is 5.85. The van der Waals surface area contributed by atoms with Crippen LogP contribution in [0.2, 0.25) is 0 Å². The highest BCUT2D eigenvalue weighted by Gasteiger charge is 2.66. The molecule has 102 valence electrons. The summed E-state index contributed by atoms with van der Waals surface area (Å²) < 4.78 is 1.16. The van der Waals surface area contributed by atoms with Crippen LogP contribution in [0.3, 0.4) is 0 Å². The van der Waals surface area contributed by atoms with E-state index in [1.807, 2.05) is 0 Å². The SMILES string of the molecule is NNC(Cc1cccc(Br)c1)C1C2C3CCC(C3)C21. The van der Waals surface area contributed by atoms with E-state index in [9.17, 15) is 0 Å². The molecule has 5 unspecified atom stereocenters. The van der Waals surface area contributed by atoms with Crippen LogP contribution in [0.15, 0.2) is 28.7 Å². The summed E-state index contributed by atoms with van der Waals surface area (Å²) in [5.41, 5.74) is 4.50. The van der Waals surface area contributed by atoms with Crippen LogP contribution in [0.25, 0.3) is 0 Å². The van der Waals surface area contributed by atoms with E-state index in [1.54, 1.807) is 0 Å². The summed E-state index contributed by atoms with van der Waals surface area (Å²) in [7, 11) is 0. The molecule has 2 bridgehead atoms. The molecule has 0 saturated heterocycles. The van der Waals surface area contributed by atoms with E-state index in [0.717, 1.165) is 40.5 Å². The van der Waals surface area contributed by atoms with Crippen molar-refractivity contribution in [1.29, 1.82) is 0 Å². The van der Waals surface area contributed by atoms with Gasteiger partial charge in [0, 0.05) is 10.5 Å². The zero-order chi connectivity index (χ0) is 13.0. The normalized spacial score (nSPS) is 40.2. The first kappa shape index (κ1) is 12.4. The van der Waals surface area contributed by atoms with Crippen LogP contribution in [0.5, 0.6) is 0 Å². The third-order valence-electron chi connectivity index (χ3n) is 5.82. The smallest absolute Gasteiger partial charge is 0.0284 e. The average molecular weight is 321 g/mol. The Kier molecular flexibility index (Phi) is 2.98. The van der Waals surface area contributed by atoms with Crippen molar-refractivity contribution in [1.82, 2.24) is 5.43 Å². The van der Waals surface area contributed by atoms with Crippen molar-refractivity contribution in [2.45, 2.75) is 31.7 Å². The molecule has 3 aliphatic rings. The molecule has 0 amide bonds. The van der Waals surface area contributed by atoms with E-state index in [1.165, 1.54) is 24.8 Å². The maximum absolute atomic E-state index is 5.85. The predicted molar refractivity (Wildman–Crippen MR) is 80.3 cm³/mol. The lowest BCUT2D eigenvalue weighted by atomic mass is 9.94. The molecular formula is C16H21BrN2. The first-order valence-electron chi connectivity index (χ1n) is 7.48. The van der Waals surface area contributed by atoms with Gasteiger partial charge in [-0.25, -0.2) is 0 Å². The van der Waals surface area contributed by atoms with Crippen molar-refractivity contribution in [3.05, 3.63) is 34.3 Å². The molecule has 19 heavy (non-hydrogen) atoms. The Bertz CT molecular complexity index is 473. The second-order valence-corrected chi connectivity index (χ2v) is 7.59. The van der Waals surface area contributed by atoms with Gasteiger partial charge in [0.2, 0.25) is 0 Å². The lowest BCUT2D eigenvalue weighted by Gasteiger charge is -2.20. The van der Waals surface area contributed by atoms with E-state index >= 15 is 0 Å². The summed E-state index contributed by atoms with van der Waals surface area (Å²) in [6.45, 7) is 0. The van der Waals surface area contributed by atoms with Crippen molar-refractivity contribution >= 4 is 15.9 Å². The van der Waals surface area contributed by atoms with Gasteiger partial charge in [0.15, 0.2) is 0 Å². The van der Waals surface area contributed by atoms with Crippen LogP contribution >= 0.6 is 15.9 Å². The van der Waals surface area contributed by atoms with E-state index in [4.69, 9.17) is 5.84 Å². The van der Waals surface area contributed by atoms with Gasteiger partial charge < -0.3 is 0 Å². The Labute approximate surface area is 123 Å². The average Bonchev–Trinajstić information content (AvgIpc) is 2.83. The molecule has 0 spiro atoms. The molecule has 1 aromatic rings. The minimum absolute atomic E-state index is 0.465. The summed E-state index contributed by atoms with van der Waals surface area (Å²) in [5, 5.41) is 0. The fourth-order valence-corrected chi connectivity index (χ4v) is 5.60. The predicted octanol–water partition coefficient (Wildman–Crippen LogP) is 3.12. The molecule has 1 aromatic carbocycles. The van der Waals surface area contributed by atoms with Gasteiger partial charge in [-0.2, -0.15) is 0 Å². The summed E-state index contributed by atoms with van der Waals surface area (Å²) >= 11 is 3.55. The van der Waals surface area contributed by atoms with Crippen molar-refractivity contribution in [3.63, 3.8) is 0 Å². The van der Waals surface area contributed by atoms with Gasteiger partial charge >= 0.3 is 0 Å². The van der Waals surface area contributed by atoms with E-state index in [0.29, 0.717) is 6.04 Å². The minimum atomic E-state index is 0.465. The number of hydrogen-bond acceptors (Lipinski definition) is 2. The van der Waals surface area contributed by atoms with Crippen LogP contribution in [0.1, 0.15) is 24.8 Å². The van der Waals surface area contributed by atoms with Crippen molar-refractivity contribution < 1.29 is 0 Å². The summed E-state index contributed by atoms with van der Waals surface area (Å²) in [5.74, 6) is 10.7. The van der Waals surface area contributed by atoms with E-state index < -0.39 is 0 Å².